The number of aliphatic imine (C=N–C) groups is 1. The number of nitrogens with zero attached hydrogens (tertiary/aromatic N) is 2. The maximum absolute atomic E-state index is 11.8. The van der Waals surface area contributed by atoms with Crippen molar-refractivity contribution in [3.05, 3.63) is 4.47 Å². The molecule has 0 aliphatic carbocycles. The molecule has 2 rings (SSSR count). The lowest BCUT2D eigenvalue weighted by atomic mass is 10.4. The highest BCUT2D eigenvalue weighted by atomic mass is 35.5. The maximum Gasteiger partial charge on any atom is 0.277 e. The number of aromatic nitrogens is 1. The molecule has 0 radical (unpaired) electrons. The highest BCUT2D eigenvalue weighted by Gasteiger charge is 2.30. The van der Waals surface area contributed by atoms with Gasteiger partial charge in [0.05, 0.1) is 0 Å². The Labute approximate surface area is 102 Å². The van der Waals surface area contributed by atoms with Crippen molar-refractivity contribution in [2.45, 2.75) is 24.1 Å². The molecule has 88 valence electrons. The van der Waals surface area contributed by atoms with E-state index in [2.05, 4.69) is 20.0 Å². The molecular weight excluding hydrogens is 272 g/mol. The number of rotatable bonds is 1. The largest absolute Gasteiger partial charge is 0.308 e. The predicted octanol–water partition coefficient (Wildman–Crippen LogP) is 1.26. The van der Waals surface area contributed by atoms with Gasteiger partial charge in [-0.25, -0.2) is 23.1 Å². The second-order valence-corrected chi connectivity index (χ2v) is 6.86. The number of halogens is 1. The van der Waals surface area contributed by atoms with Crippen LogP contribution in [0.1, 0.15) is 13.8 Å². The molecule has 0 fully saturated rings. The van der Waals surface area contributed by atoms with E-state index in [-0.39, 0.29) is 26.5 Å². The van der Waals surface area contributed by atoms with Crippen LogP contribution in [0.5, 0.6) is 0 Å². The van der Waals surface area contributed by atoms with Crippen LogP contribution in [0.2, 0.25) is 4.47 Å². The van der Waals surface area contributed by atoms with Crippen LogP contribution < -0.4 is 10.0 Å². The van der Waals surface area contributed by atoms with Gasteiger partial charge in [-0.15, -0.1) is 0 Å². The quantitative estimate of drug-likeness (QED) is 0.811. The van der Waals surface area contributed by atoms with Crippen molar-refractivity contribution in [1.82, 2.24) is 9.71 Å². The summed E-state index contributed by atoms with van der Waals surface area (Å²) in [6.07, 6.45) is 0. The molecular formula is C7H9ClN4O2S2. The predicted molar refractivity (Wildman–Crippen MR) is 63.6 cm³/mol. The normalized spacial score (nSPS) is 20.4. The highest BCUT2D eigenvalue weighted by molar-refractivity contribution is 7.92. The minimum absolute atomic E-state index is 0.0270. The third-order valence-electron chi connectivity index (χ3n) is 1.67. The Hall–Kier alpha value is -0.860. The van der Waals surface area contributed by atoms with Gasteiger partial charge >= 0.3 is 0 Å². The molecule has 0 unspecified atom stereocenters. The summed E-state index contributed by atoms with van der Waals surface area (Å²) in [5, 5.41) is 2.78. The Balaban J connectivity index is 2.49. The van der Waals surface area contributed by atoms with Gasteiger partial charge in [0, 0.05) is 6.04 Å². The fraction of sp³-hybridized carbons (Fsp3) is 0.429. The summed E-state index contributed by atoms with van der Waals surface area (Å²) in [6, 6.07) is -0.0270. The Bertz CT molecular complexity index is 549. The molecule has 1 aromatic heterocycles. The van der Waals surface area contributed by atoms with Gasteiger partial charge in [0.25, 0.3) is 10.0 Å². The number of guanidine groups is 1. The topological polar surface area (TPSA) is 83.5 Å². The van der Waals surface area contributed by atoms with Crippen LogP contribution >= 0.6 is 22.9 Å². The number of thiazole rings is 1. The van der Waals surface area contributed by atoms with Crippen molar-refractivity contribution in [1.29, 1.82) is 0 Å². The summed E-state index contributed by atoms with van der Waals surface area (Å²) in [5.74, 6) is 0.401. The van der Waals surface area contributed by atoms with E-state index >= 15 is 0 Å². The SMILES string of the molecule is CC(C)N=C1Nc2nc(Cl)sc2S(=O)(=O)N1. The van der Waals surface area contributed by atoms with E-state index in [1.165, 1.54) is 0 Å². The van der Waals surface area contributed by atoms with Gasteiger partial charge in [0.1, 0.15) is 0 Å². The van der Waals surface area contributed by atoms with Crippen LogP contribution in [-0.2, 0) is 10.0 Å². The third kappa shape index (κ3) is 2.13. The lowest BCUT2D eigenvalue weighted by Gasteiger charge is -2.17. The number of anilines is 1. The summed E-state index contributed by atoms with van der Waals surface area (Å²) < 4.78 is 26.1. The van der Waals surface area contributed by atoms with Crippen LogP contribution in [-0.4, -0.2) is 25.4 Å². The lowest BCUT2D eigenvalue weighted by molar-refractivity contribution is 0.593. The van der Waals surface area contributed by atoms with E-state index in [4.69, 9.17) is 11.6 Å². The molecule has 0 spiro atoms. The lowest BCUT2D eigenvalue weighted by Crippen LogP contribution is -2.40. The van der Waals surface area contributed by atoms with Crippen molar-refractivity contribution in [2.75, 3.05) is 5.32 Å². The highest BCUT2D eigenvalue weighted by Crippen LogP contribution is 2.32. The summed E-state index contributed by atoms with van der Waals surface area (Å²) in [5.41, 5.74) is 0. The summed E-state index contributed by atoms with van der Waals surface area (Å²) in [7, 11) is -3.59. The fourth-order valence-electron chi connectivity index (χ4n) is 1.17. The monoisotopic (exact) mass is 280 g/mol. The zero-order chi connectivity index (χ0) is 11.9. The van der Waals surface area contributed by atoms with Crippen molar-refractivity contribution in [3.63, 3.8) is 0 Å². The molecule has 2 heterocycles. The van der Waals surface area contributed by atoms with Gasteiger partial charge in [0.15, 0.2) is 14.5 Å². The van der Waals surface area contributed by atoms with E-state index in [9.17, 15) is 8.42 Å². The molecule has 16 heavy (non-hydrogen) atoms. The van der Waals surface area contributed by atoms with Crippen molar-refractivity contribution in [3.8, 4) is 0 Å². The van der Waals surface area contributed by atoms with Gasteiger partial charge in [0.2, 0.25) is 5.96 Å². The van der Waals surface area contributed by atoms with Gasteiger partial charge in [-0.3, -0.25) is 0 Å². The van der Waals surface area contributed by atoms with E-state index in [1.807, 2.05) is 13.8 Å². The van der Waals surface area contributed by atoms with Gasteiger partial charge < -0.3 is 5.32 Å². The minimum Gasteiger partial charge on any atom is -0.308 e. The van der Waals surface area contributed by atoms with Gasteiger partial charge in [-0.1, -0.05) is 22.9 Å². The Kier molecular flexibility index (Phi) is 2.81. The molecule has 0 aromatic carbocycles. The number of sulfonamides is 1. The van der Waals surface area contributed by atoms with Gasteiger partial charge in [-0.2, -0.15) is 0 Å². The second kappa shape index (κ2) is 3.86. The maximum atomic E-state index is 11.8. The van der Waals surface area contributed by atoms with Crippen LogP contribution in [0.3, 0.4) is 0 Å². The Morgan fingerprint density at radius 3 is 2.81 bits per heavy atom. The van der Waals surface area contributed by atoms with Crippen LogP contribution in [0.4, 0.5) is 5.82 Å². The smallest absolute Gasteiger partial charge is 0.277 e. The Morgan fingerprint density at radius 2 is 2.19 bits per heavy atom. The first-order valence-corrected chi connectivity index (χ1v) is 7.10. The average molecular weight is 281 g/mol. The third-order valence-corrected chi connectivity index (χ3v) is 4.68. The Morgan fingerprint density at radius 1 is 1.50 bits per heavy atom. The number of fused-ring (bicyclic) bond motifs is 1. The summed E-state index contributed by atoms with van der Waals surface area (Å²) in [6.45, 7) is 3.68. The molecule has 9 heteroatoms. The molecule has 0 saturated heterocycles. The van der Waals surface area contributed by atoms with Crippen molar-refractivity contribution in [2.24, 2.45) is 4.99 Å². The fourth-order valence-corrected chi connectivity index (χ4v) is 3.71. The van der Waals surface area contributed by atoms with E-state index in [0.717, 1.165) is 11.3 Å². The van der Waals surface area contributed by atoms with E-state index < -0.39 is 10.0 Å². The summed E-state index contributed by atoms with van der Waals surface area (Å²) >= 11 is 6.57. The molecule has 1 aliphatic heterocycles. The van der Waals surface area contributed by atoms with Gasteiger partial charge in [-0.05, 0) is 13.8 Å². The number of nitrogens with one attached hydrogen (secondary N) is 2. The molecule has 0 atom stereocenters. The standard InChI is InChI=1S/C7H9ClN4O2S2/c1-3(2)9-7-11-4-5(15-6(8)10-4)16(13,14)12-7/h3H,1-2H3,(H2,9,11,12). The first kappa shape index (κ1) is 11.6. The second-order valence-electron chi connectivity index (χ2n) is 3.40. The molecule has 1 aliphatic rings. The van der Waals surface area contributed by atoms with Crippen molar-refractivity contribution >= 4 is 44.7 Å². The minimum atomic E-state index is -3.59. The summed E-state index contributed by atoms with van der Waals surface area (Å²) in [4.78, 5) is 7.95. The van der Waals surface area contributed by atoms with Crippen LogP contribution in [0.25, 0.3) is 0 Å². The van der Waals surface area contributed by atoms with E-state index in [1.54, 1.807) is 0 Å². The first-order chi connectivity index (χ1) is 7.38. The van der Waals surface area contributed by atoms with Crippen LogP contribution in [0, 0.1) is 0 Å². The zero-order valence-corrected chi connectivity index (χ0v) is 10.9. The molecule has 1 aromatic rings. The average Bonchev–Trinajstić information content (AvgIpc) is 2.44. The zero-order valence-electron chi connectivity index (χ0n) is 8.48. The molecule has 0 saturated carbocycles. The van der Waals surface area contributed by atoms with E-state index in [0.29, 0.717) is 0 Å². The number of hydrogen-bond donors (Lipinski definition) is 2. The molecule has 0 amide bonds. The molecule has 2 N–H and O–H groups in total. The van der Waals surface area contributed by atoms with Crippen LogP contribution in [0.15, 0.2) is 9.20 Å². The molecule has 6 nitrogen and oxygen atoms in total. The number of hydrogen-bond acceptors (Lipinski definition) is 5. The first-order valence-electron chi connectivity index (χ1n) is 4.42. The molecule has 0 bridgehead atoms. The van der Waals surface area contributed by atoms with Crippen molar-refractivity contribution < 1.29 is 8.42 Å².